The number of nitrogens with two attached hydrogens (primary N) is 1. The fourth-order valence-corrected chi connectivity index (χ4v) is 2.48. The lowest BCUT2D eigenvalue weighted by atomic mass is 10.0. The lowest BCUT2D eigenvalue weighted by Gasteiger charge is -2.21. The second kappa shape index (κ2) is 5.48. The molecule has 1 fully saturated rings. The quantitative estimate of drug-likeness (QED) is 0.567. The van der Waals surface area contributed by atoms with Crippen molar-refractivity contribution in [3.63, 3.8) is 0 Å². The van der Waals surface area contributed by atoms with E-state index in [1.165, 1.54) is 0 Å². The Morgan fingerprint density at radius 3 is 2.64 bits per heavy atom. The fourth-order valence-electron chi connectivity index (χ4n) is 2.48. The number of anilines is 1. The van der Waals surface area contributed by atoms with Gasteiger partial charge in [0.05, 0.1) is 0 Å². The molecule has 0 aliphatic carbocycles. The Balaban J connectivity index is 1.79. The van der Waals surface area contributed by atoms with Gasteiger partial charge in [0, 0.05) is 17.7 Å². The molecule has 0 spiro atoms. The van der Waals surface area contributed by atoms with Crippen LogP contribution in [-0.2, 0) is 9.59 Å². The lowest BCUT2D eigenvalue weighted by molar-refractivity contribution is -0.134. The summed E-state index contributed by atoms with van der Waals surface area (Å²) in [4.78, 5) is 35.0. The van der Waals surface area contributed by atoms with Crippen molar-refractivity contribution in [2.24, 2.45) is 0 Å². The number of rotatable bonds is 2. The van der Waals surface area contributed by atoms with Crippen LogP contribution < -0.4 is 16.4 Å². The summed E-state index contributed by atoms with van der Waals surface area (Å²) < 4.78 is 0. The summed E-state index contributed by atoms with van der Waals surface area (Å²) in [6.45, 7) is 0. The lowest BCUT2D eigenvalue weighted by Crippen LogP contribution is -2.52. The van der Waals surface area contributed by atoms with Gasteiger partial charge in [0.25, 0.3) is 5.91 Å². The topological polar surface area (TPSA) is 101 Å². The van der Waals surface area contributed by atoms with Crippen molar-refractivity contribution < 1.29 is 14.4 Å². The third-order valence-corrected chi connectivity index (χ3v) is 3.67. The van der Waals surface area contributed by atoms with E-state index >= 15 is 0 Å². The predicted molar refractivity (Wildman–Crippen MR) is 82.0 cm³/mol. The molecule has 0 aromatic heterocycles. The van der Waals surface area contributed by atoms with Gasteiger partial charge in [-0.05, 0) is 41.5 Å². The number of carbonyl (C=O) groups is 3. The minimum absolute atomic E-state index is 0.230. The maximum Gasteiger partial charge on any atom is 0.251 e. The molecule has 1 heterocycles. The zero-order valence-corrected chi connectivity index (χ0v) is 11.8. The van der Waals surface area contributed by atoms with Crippen LogP contribution in [0.2, 0.25) is 0 Å². The molecule has 0 saturated carbocycles. The van der Waals surface area contributed by atoms with E-state index in [9.17, 15) is 14.4 Å². The van der Waals surface area contributed by atoms with Crippen molar-refractivity contribution in [1.29, 1.82) is 0 Å². The first kappa shape index (κ1) is 14.1. The first-order chi connectivity index (χ1) is 10.5. The van der Waals surface area contributed by atoms with Gasteiger partial charge in [-0.1, -0.05) is 12.1 Å². The number of piperidine rings is 1. The highest BCUT2D eigenvalue weighted by atomic mass is 16.2. The average Bonchev–Trinajstić information content (AvgIpc) is 2.49. The van der Waals surface area contributed by atoms with Crippen molar-refractivity contribution >= 4 is 34.2 Å². The molecule has 0 bridgehead atoms. The highest BCUT2D eigenvalue weighted by Gasteiger charge is 2.28. The Bertz CT molecular complexity index is 785. The number of hydrogen-bond acceptors (Lipinski definition) is 4. The molecule has 1 aliphatic rings. The molecule has 3 rings (SSSR count). The van der Waals surface area contributed by atoms with Crippen LogP contribution >= 0.6 is 0 Å². The number of imide groups is 1. The second-order valence-electron chi connectivity index (χ2n) is 5.30. The van der Waals surface area contributed by atoms with Crippen LogP contribution in [0, 0.1) is 0 Å². The third-order valence-electron chi connectivity index (χ3n) is 3.67. The maximum absolute atomic E-state index is 12.2. The van der Waals surface area contributed by atoms with Gasteiger partial charge in [0.1, 0.15) is 6.04 Å². The largest absolute Gasteiger partial charge is 0.399 e. The van der Waals surface area contributed by atoms with Crippen LogP contribution in [0.3, 0.4) is 0 Å². The summed E-state index contributed by atoms with van der Waals surface area (Å²) in [5.74, 6) is -1.11. The summed E-state index contributed by atoms with van der Waals surface area (Å²) in [7, 11) is 0. The fraction of sp³-hybridized carbons (Fsp3) is 0.188. The standard InChI is InChI=1S/C16H15N3O3/c17-12-4-3-9-7-11(2-1-10(9)8-12)15(21)18-13-5-6-14(20)19-16(13)22/h1-4,7-8,13H,5-6,17H2,(H,18,21)(H,19,20,22)/t13-/m0/s1. The minimum Gasteiger partial charge on any atom is -0.399 e. The van der Waals surface area contributed by atoms with Crippen molar-refractivity contribution in [3.8, 4) is 0 Å². The van der Waals surface area contributed by atoms with Crippen molar-refractivity contribution in [2.45, 2.75) is 18.9 Å². The highest BCUT2D eigenvalue weighted by Crippen LogP contribution is 2.19. The maximum atomic E-state index is 12.2. The zero-order valence-electron chi connectivity index (χ0n) is 11.8. The molecule has 4 N–H and O–H groups in total. The molecule has 1 saturated heterocycles. The average molecular weight is 297 g/mol. The first-order valence-corrected chi connectivity index (χ1v) is 6.97. The third kappa shape index (κ3) is 2.76. The van der Waals surface area contributed by atoms with Crippen LogP contribution in [0.25, 0.3) is 10.8 Å². The smallest absolute Gasteiger partial charge is 0.251 e. The molecule has 2 aromatic rings. The van der Waals surface area contributed by atoms with Crippen LogP contribution in [0.5, 0.6) is 0 Å². The molecular formula is C16H15N3O3. The van der Waals surface area contributed by atoms with Crippen LogP contribution in [0.15, 0.2) is 36.4 Å². The summed E-state index contributed by atoms with van der Waals surface area (Å²) >= 11 is 0. The van der Waals surface area contributed by atoms with E-state index in [4.69, 9.17) is 5.73 Å². The number of nitrogen functional groups attached to an aromatic ring is 1. The monoisotopic (exact) mass is 297 g/mol. The van der Waals surface area contributed by atoms with Gasteiger partial charge < -0.3 is 11.1 Å². The summed E-state index contributed by atoms with van der Waals surface area (Å²) in [6, 6.07) is 10.0. The number of nitrogens with one attached hydrogen (secondary N) is 2. The Hall–Kier alpha value is -2.89. The van der Waals surface area contributed by atoms with E-state index < -0.39 is 11.9 Å². The van der Waals surface area contributed by atoms with Crippen molar-refractivity contribution in [1.82, 2.24) is 10.6 Å². The van der Waals surface area contributed by atoms with E-state index in [2.05, 4.69) is 10.6 Å². The zero-order chi connectivity index (χ0) is 15.7. The van der Waals surface area contributed by atoms with Gasteiger partial charge >= 0.3 is 0 Å². The molecule has 0 radical (unpaired) electrons. The number of benzene rings is 2. The molecule has 6 heteroatoms. The minimum atomic E-state index is -0.674. The molecular weight excluding hydrogens is 282 g/mol. The van der Waals surface area contributed by atoms with E-state index in [0.717, 1.165) is 10.8 Å². The van der Waals surface area contributed by atoms with Gasteiger partial charge in [-0.3, -0.25) is 19.7 Å². The molecule has 3 amide bonds. The molecule has 22 heavy (non-hydrogen) atoms. The summed E-state index contributed by atoms with van der Waals surface area (Å²) in [5.41, 5.74) is 6.84. The molecule has 1 atom stereocenters. The number of hydrogen-bond donors (Lipinski definition) is 3. The summed E-state index contributed by atoms with van der Waals surface area (Å²) in [5, 5.41) is 6.71. The number of carbonyl (C=O) groups excluding carboxylic acids is 3. The van der Waals surface area contributed by atoms with E-state index in [1.54, 1.807) is 18.2 Å². The molecule has 6 nitrogen and oxygen atoms in total. The first-order valence-electron chi connectivity index (χ1n) is 6.97. The molecule has 2 aromatic carbocycles. The normalized spacial score (nSPS) is 18.1. The molecule has 112 valence electrons. The number of amides is 3. The Kier molecular flexibility index (Phi) is 3.50. The van der Waals surface area contributed by atoms with Crippen molar-refractivity contribution in [2.75, 3.05) is 5.73 Å². The summed E-state index contributed by atoms with van der Waals surface area (Å²) in [6.07, 6.45) is 0.550. The van der Waals surface area contributed by atoms with E-state index in [-0.39, 0.29) is 18.2 Å². The van der Waals surface area contributed by atoms with Gasteiger partial charge in [0.2, 0.25) is 11.8 Å². The second-order valence-corrected chi connectivity index (χ2v) is 5.30. The van der Waals surface area contributed by atoms with E-state index in [0.29, 0.717) is 17.7 Å². The predicted octanol–water partition coefficient (Wildman–Crippen LogP) is 0.957. The molecule has 0 unspecified atom stereocenters. The van der Waals surface area contributed by atoms with Crippen molar-refractivity contribution in [3.05, 3.63) is 42.0 Å². The van der Waals surface area contributed by atoms with Crippen LogP contribution in [0.4, 0.5) is 5.69 Å². The van der Waals surface area contributed by atoms with E-state index in [1.807, 2.05) is 18.2 Å². The van der Waals surface area contributed by atoms with Gasteiger partial charge in [-0.25, -0.2) is 0 Å². The van der Waals surface area contributed by atoms with Gasteiger partial charge in [0.15, 0.2) is 0 Å². The Morgan fingerprint density at radius 1 is 1.14 bits per heavy atom. The van der Waals surface area contributed by atoms with Crippen LogP contribution in [-0.4, -0.2) is 23.8 Å². The van der Waals surface area contributed by atoms with Crippen LogP contribution in [0.1, 0.15) is 23.2 Å². The number of fused-ring (bicyclic) bond motifs is 1. The van der Waals surface area contributed by atoms with Gasteiger partial charge in [-0.2, -0.15) is 0 Å². The Morgan fingerprint density at radius 2 is 1.86 bits per heavy atom. The SMILES string of the molecule is Nc1ccc2cc(C(=O)N[C@H]3CCC(=O)NC3=O)ccc2c1. The van der Waals surface area contributed by atoms with Gasteiger partial charge in [-0.15, -0.1) is 0 Å². The Labute approximate surface area is 126 Å². The molecule has 1 aliphatic heterocycles. The highest BCUT2D eigenvalue weighted by molar-refractivity contribution is 6.04.